The second kappa shape index (κ2) is 7.67. The molecule has 1 aliphatic heterocycles. The van der Waals surface area contributed by atoms with Crippen molar-refractivity contribution in [2.24, 2.45) is 0 Å². The molecule has 0 aliphatic carbocycles. The van der Waals surface area contributed by atoms with E-state index < -0.39 is 0 Å². The van der Waals surface area contributed by atoms with E-state index in [4.69, 9.17) is 0 Å². The predicted molar refractivity (Wildman–Crippen MR) is 71.1 cm³/mol. The number of hydrogen-bond donors (Lipinski definition) is 1. The first-order valence-corrected chi connectivity index (χ1v) is 6.75. The third kappa shape index (κ3) is 6.03. The van der Waals surface area contributed by atoms with Crippen LogP contribution >= 0.6 is 0 Å². The number of rotatable bonds is 7. The zero-order valence-electron chi connectivity index (χ0n) is 11.5. The Labute approximate surface area is 105 Å². The molecule has 0 aromatic rings. The van der Waals surface area contributed by atoms with Crippen molar-refractivity contribution in [3.63, 3.8) is 0 Å². The van der Waals surface area contributed by atoms with Crippen LogP contribution in [0.15, 0.2) is 0 Å². The largest absolute Gasteiger partial charge is 0.349 e. The fourth-order valence-electron chi connectivity index (χ4n) is 2.23. The van der Waals surface area contributed by atoms with Crippen molar-refractivity contribution in [3.8, 4) is 0 Å². The lowest BCUT2D eigenvalue weighted by molar-refractivity contribution is -0.128. The minimum atomic E-state index is 0.221. The van der Waals surface area contributed by atoms with Gasteiger partial charge in [0, 0.05) is 33.1 Å². The molecule has 0 spiro atoms. The Morgan fingerprint density at radius 2 is 2.00 bits per heavy atom. The topological polar surface area (TPSA) is 35.6 Å². The van der Waals surface area contributed by atoms with Gasteiger partial charge in [-0.05, 0) is 45.8 Å². The molecule has 1 amide bonds. The van der Waals surface area contributed by atoms with Crippen LogP contribution in [0.4, 0.5) is 0 Å². The quantitative estimate of drug-likeness (QED) is 0.674. The van der Waals surface area contributed by atoms with E-state index in [2.05, 4.69) is 17.1 Å². The van der Waals surface area contributed by atoms with Gasteiger partial charge in [-0.2, -0.15) is 0 Å². The standard InChI is InChI=1S/C13H27N3O/c1-12(11-16-9-4-5-10-16)14-8-6-7-13(17)15(2)3/h12,14H,4-11H2,1-3H3. The van der Waals surface area contributed by atoms with E-state index in [1.165, 1.54) is 25.9 Å². The molecule has 1 rings (SSSR count). The van der Waals surface area contributed by atoms with Crippen molar-refractivity contribution in [1.82, 2.24) is 15.1 Å². The second-order valence-corrected chi connectivity index (χ2v) is 5.25. The monoisotopic (exact) mass is 241 g/mol. The third-order valence-electron chi connectivity index (χ3n) is 3.29. The first-order valence-electron chi connectivity index (χ1n) is 6.75. The van der Waals surface area contributed by atoms with Crippen LogP contribution in [0.2, 0.25) is 0 Å². The number of carbonyl (C=O) groups is 1. The van der Waals surface area contributed by atoms with Crippen molar-refractivity contribution in [2.75, 3.05) is 40.3 Å². The number of hydrogen-bond acceptors (Lipinski definition) is 3. The maximum atomic E-state index is 11.4. The highest BCUT2D eigenvalue weighted by molar-refractivity contribution is 5.75. The Balaban J connectivity index is 1.99. The summed E-state index contributed by atoms with van der Waals surface area (Å²) in [6, 6.07) is 0.530. The number of carbonyl (C=O) groups excluding carboxylic acids is 1. The predicted octanol–water partition coefficient (Wildman–Crippen LogP) is 0.929. The molecule has 0 aromatic carbocycles. The Morgan fingerprint density at radius 3 is 2.59 bits per heavy atom. The molecule has 1 fully saturated rings. The van der Waals surface area contributed by atoms with Crippen LogP contribution < -0.4 is 5.32 Å². The second-order valence-electron chi connectivity index (χ2n) is 5.25. The van der Waals surface area contributed by atoms with Gasteiger partial charge in [0.1, 0.15) is 0 Å². The van der Waals surface area contributed by atoms with Gasteiger partial charge in [-0.3, -0.25) is 4.79 Å². The molecule has 17 heavy (non-hydrogen) atoms. The highest BCUT2D eigenvalue weighted by Crippen LogP contribution is 2.07. The summed E-state index contributed by atoms with van der Waals surface area (Å²) in [7, 11) is 3.62. The zero-order valence-corrected chi connectivity index (χ0v) is 11.5. The normalized spacial score (nSPS) is 18.3. The average molecular weight is 241 g/mol. The van der Waals surface area contributed by atoms with Crippen molar-refractivity contribution < 1.29 is 4.79 Å². The van der Waals surface area contributed by atoms with Crippen LogP contribution in [0.5, 0.6) is 0 Å². The van der Waals surface area contributed by atoms with Crippen molar-refractivity contribution in [3.05, 3.63) is 0 Å². The van der Waals surface area contributed by atoms with Crippen molar-refractivity contribution >= 4 is 5.91 Å². The number of likely N-dealkylation sites (tertiary alicyclic amines) is 1. The van der Waals surface area contributed by atoms with Crippen LogP contribution in [0.3, 0.4) is 0 Å². The molecule has 100 valence electrons. The van der Waals surface area contributed by atoms with Gasteiger partial charge in [0.15, 0.2) is 0 Å². The van der Waals surface area contributed by atoms with E-state index in [-0.39, 0.29) is 5.91 Å². The maximum absolute atomic E-state index is 11.4. The Morgan fingerprint density at radius 1 is 1.35 bits per heavy atom. The van der Waals surface area contributed by atoms with Gasteiger partial charge in [0.2, 0.25) is 5.91 Å². The molecule has 0 bridgehead atoms. The van der Waals surface area contributed by atoms with Crippen LogP contribution in [-0.2, 0) is 4.79 Å². The van der Waals surface area contributed by atoms with Gasteiger partial charge in [-0.1, -0.05) is 0 Å². The molecular weight excluding hydrogens is 214 g/mol. The molecule has 1 aliphatic rings. The molecule has 1 heterocycles. The zero-order chi connectivity index (χ0) is 12.7. The molecule has 1 atom stereocenters. The molecule has 4 heteroatoms. The fraction of sp³-hybridized carbons (Fsp3) is 0.923. The third-order valence-corrected chi connectivity index (χ3v) is 3.29. The van der Waals surface area contributed by atoms with E-state index in [0.717, 1.165) is 19.5 Å². The number of nitrogens with one attached hydrogen (secondary N) is 1. The highest BCUT2D eigenvalue weighted by Gasteiger charge is 2.14. The summed E-state index contributed by atoms with van der Waals surface area (Å²) in [6.07, 6.45) is 4.28. The van der Waals surface area contributed by atoms with Crippen LogP contribution in [-0.4, -0.2) is 62.0 Å². The smallest absolute Gasteiger partial charge is 0.222 e. The molecule has 1 N–H and O–H groups in total. The minimum Gasteiger partial charge on any atom is -0.349 e. The van der Waals surface area contributed by atoms with Gasteiger partial charge in [-0.15, -0.1) is 0 Å². The minimum absolute atomic E-state index is 0.221. The van der Waals surface area contributed by atoms with E-state index in [0.29, 0.717) is 12.5 Å². The van der Waals surface area contributed by atoms with Crippen molar-refractivity contribution in [2.45, 2.75) is 38.6 Å². The fourth-order valence-corrected chi connectivity index (χ4v) is 2.23. The molecule has 1 unspecified atom stereocenters. The summed E-state index contributed by atoms with van der Waals surface area (Å²) in [5.74, 6) is 0.221. The first-order chi connectivity index (χ1) is 8.09. The summed E-state index contributed by atoms with van der Waals surface area (Å²) in [5, 5.41) is 3.49. The lowest BCUT2D eigenvalue weighted by Crippen LogP contribution is -2.38. The molecule has 1 saturated heterocycles. The Hall–Kier alpha value is -0.610. The van der Waals surface area contributed by atoms with Gasteiger partial charge >= 0.3 is 0 Å². The molecule has 0 aromatic heterocycles. The van der Waals surface area contributed by atoms with Crippen LogP contribution in [0.1, 0.15) is 32.6 Å². The number of amides is 1. The van der Waals surface area contributed by atoms with Crippen LogP contribution in [0, 0.1) is 0 Å². The summed E-state index contributed by atoms with van der Waals surface area (Å²) in [5.41, 5.74) is 0. The van der Waals surface area contributed by atoms with E-state index >= 15 is 0 Å². The van der Waals surface area contributed by atoms with Crippen LogP contribution in [0.25, 0.3) is 0 Å². The maximum Gasteiger partial charge on any atom is 0.222 e. The molecule has 0 radical (unpaired) electrons. The number of nitrogens with zero attached hydrogens (tertiary/aromatic N) is 2. The molecular formula is C13H27N3O. The first kappa shape index (κ1) is 14.5. The SMILES string of the molecule is CC(CN1CCCC1)NCCCC(=O)N(C)C. The Kier molecular flexibility index (Phi) is 6.52. The van der Waals surface area contributed by atoms with Gasteiger partial charge in [0.05, 0.1) is 0 Å². The summed E-state index contributed by atoms with van der Waals surface area (Å²) < 4.78 is 0. The van der Waals surface area contributed by atoms with E-state index in [1.54, 1.807) is 4.90 Å². The van der Waals surface area contributed by atoms with Gasteiger partial charge in [-0.25, -0.2) is 0 Å². The highest BCUT2D eigenvalue weighted by atomic mass is 16.2. The molecule has 4 nitrogen and oxygen atoms in total. The lowest BCUT2D eigenvalue weighted by atomic mass is 10.2. The molecule has 0 saturated carbocycles. The Bertz CT molecular complexity index is 225. The lowest BCUT2D eigenvalue weighted by Gasteiger charge is -2.21. The average Bonchev–Trinajstić information content (AvgIpc) is 2.76. The van der Waals surface area contributed by atoms with Crippen molar-refractivity contribution in [1.29, 1.82) is 0 Å². The van der Waals surface area contributed by atoms with Gasteiger partial charge < -0.3 is 15.1 Å². The van der Waals surface area contributed by atoms with E-state index in [1.807, 2.05) is 14.1 Å². The summed E-state index contributed by atoms with van der Waals surface area (Å²) >= 11 is 0. The van der Waals surface area contributed by atoms with E-state index in [9.17, 15) is 4.79 Å². The van der Waals surface area contributed by atoms with Gasteiger partial charge in [0.25, 0.3) is 0 Å². The summed E-state index contributed by atoms with van der Waals surface area (Å²) in [4.78, 5) is 15.5. The summed E-state index contributed by atoms with van der Waals surface area (Å²) in [6.45, 7) is 6.82.